The van der Waals surface area contributed by atoms with E-state index in [9.17, 15) is 19.5 Å². The van der Waals surface area contributed by atoms with Gasteiger partial charge in [0.2, 0.25) is 5.91 Å². The van der Waals surface area contributed by atoms with Crippen LogP contribution in [0.5, 0.6) is 0 Å². The molecule has 2 aromatic carbocycles. The summed E-state index contributed by atoms with van der Waals surface area (Å²) in [5, 5.41) is 12.3. The van der Waals surface area contributed by atoms with E-state index in [2.05, 4.69) is 27.4 Å². The van der Waals surface area contributed by atoms with Gasteiger partial charge in [0.1, 0.15) is 12.6 Å². The van der Waals surface area contributed by atoms with Crippen molar-refractivity contribution in [2.45, 2.75) is 31.8 Å². The average molecular weight is 475 g/mol. The van der Waals surface area contributed by atoms with Crippen molar-refractivity contribution in [2.24, 2.45) is 5.92 Å². The van der Waals surface area contributed by atoms with Crippen LogP contribution in [0.2, 0.25) is 0 Å². The zero-order valence-electron chi connectivity index (χ0n) is 19.2. The van der Waals surface area contributed by atoms with E-state index in [1.165, 1.54) is 11.2 Å². The van der Waals surface area contributed by atoms with E-state index in [1.807, 2.05) is 36.4 Å². The highest BCUT2D eigenvalue weighted by molar-refractivity contribution is 5.86. The number of carboxylic acids is 1. The van der Waals surface area contributed by atoms with Crippen molar-refractivity contribution >= 4 is 18.0 Å². The molecule has 1 aliphatic carbocycles. The standard InChI is InChI=1S/C26H26N4O5/c1-15(24(31)30-12-22-21(28-14-29-22)10-23(30)25(32)33)11-27-26(34)35-13-20-18-8-4-2-6-16(18)17-7-3-5-9-19(17)20/h2-9,14-15,20,23H,10-13H2,1H3,(H,27,34)(H,28,29)(H,32,33). The minimum Gasteiger partial charge on any atom is -0.480 e. The maximum Gasteiger partial charge on any atom is 0.407 e. The van der Waals surface area contributed by atoms with Gasteiger partial charge in [0.05, 0.1) is 30.2 Å². The number of alkyl carbamates (subject to hydrolysis) is 1. The quantitative estimate of drug-likeness (QED) is 0.505. The Hall–Kier alpha value is -4.14. The summed E-state index contributed by atoms with van der Waals surface area (Å²) in [6, 6.07) is 15.2. The first kappa shape index (κ1) is 22.6. The Labute approximate surface area is 202 Å². The van der Waals surface area contributed by atoms with Crippen LogP contribution in [0.15, 0.2) is 54.9 Å². The van der Waals surface area contributed by atoms with Crippen molar-refractivity contribution in [1.29, 1.82) is 0 Å². The molecule has 0 radical (unpaired) electrons. The van der Waals surface area contributed by atoms with Crippen molar-refractivity contribution in [3.05, 3.63) is 77.4 Å². The van der Waals surface area contributed by atoms with Gasteiger partial charge in [0, 0.05) is 18.9 Å². The highest BCUT2D eigenvalue weighted by Gasteiger charge is 2.37. The van der Waals surface area contributed by atoms with Crippen LogP contribution < -0.4 is 5.32 Å². The molecule has 0 saturated heterocycles. The predicted octanol–water partition coefficient (Wildman–Crippen LogP) is 2.92. The fraction of sp³-hybridized carbons (Fsp3) is 0.308. The van der Waals surface area contributed by atoms with Crippen LogP contribution in [0.4, 0.5) is 4.79 Å². The lowest BCUT2D eigenvalue weighted by Gasteiger charge is -2.34. The first-order valence-electron chi connectivity index (χ1n) is 11.6. The number of nitrogens with zero attached hydrogens (tertiary/aromatic N) is 2. The van der Waals surface area contributed by atoms with Gasteiger partial charge in [-0.1, -0.05) is 55.5 Å². The highest BCUT2D eigenvalue weighted by Crippen LogP contribution is 2.44. The first-order chi connectivity index (χ1) is 16.9. The molecule has 1 aliphatic heterocycles. The molecule has 9 heteroatoms. The number of H-pyrrole nitrogens is 1. The fourth-order valence-electron chi connectivity index (χ4n) is 4.94. The van der Waals surface area contributed by atoms with Crippen molar-refractivity contribution in [3.63, 3.8) is 0 Å². The van der Waals surface area contributed by atoms with Gasteiger partial charge < -0.3 is 25.0 Å². The summed E-state index contributed by atoms with van der Waals surface area (Å²) in [4.78, 5) is 45.7. The number of hydrogen-bond donors (Lipinski definition) is 3. The van der Waals surface area contributed by atoms with Crippen LogP contribution in [-0.2, 0) is 27.3 Å². The number of carbonyl (C=O) groups is 3. The second-order valence-electron chi connectivity index (χ2n) is 8.96. The van der Waals surface area contributed by atoms with Crippen LogP contribution in [0.1, 0.15) is 35.4 Å². The molecule has 9 nitrogen and oxygen atoms in total. The zero-order chi connectivity index (χ0) is 24.5. The molecule has 35 heavy (non-hydrogen) atoms. The Kier molecular flexibility index (Phi) is 5.98. The number of aromatic amines is 1. The smallest absolute Gasteiger partial charge is 0.407 e. The van der Waals surface area contributed by atoms with Crippen molar-refractivity contribution < 1.29 is 24.2 Å². The largest absolute Gasteiger partial charge is 0.480 e. The molecule has 2 aliphatic rings. The molecule has 5 rings (SSSR count). The molecule has 2 unspecified atom stereocenters. The number of aromatic nitrogens is 2. The molecule has 0 fully saturated rings. The first-order valence-corrected chi connectivity index (χ1v) is 11.6. The van der Waals surface area contributed by atoms with E-state index in [0.717, 1.165) is 27.9 Å². The normalized spacial score (nSPS) is 17.2. The molecule has 2 atom stereocenters. The molecule has 2 heterocycles. The number of carboxylic acid groups (broad SMARTS) is 1. The molecule has 2 amide bonds. The molecule has 180 valence electrons. The Balaban J connectivity index is 1.18. The van der Waals surface area contributed by atoms with E-state index in [4.69, 9.17) is 4.74 Å². The van der Waals surface area contributed by atoms with Crippen LogP contribution in [-0.4, -0.2) is 57.1 Å². The molecule has 0 bridgehead atoms. The van der Waals surface area contributed by atoms with Gasteiger partial charge in [-0.15, -0.1) is 0 Å². The number of aliphatic carboxylic acids is 1. The van der Waals surface area contributed by atoms with Gasteiger partial charge in [-0.05, 0) is 22.3 Å². The Morgan fingerprint density at radius 1 is 1.14 bits per heavy atom. The molecular formula is C26H26N4O5. The number of fused-ring (bicyclic) bond motifs is 4. The second-order valence-corrected chi connectivity index (χ2v) is 8.96. The Bertz CT molecular complexity index is 1240. The van der Waals surface area contributed by atoms with Crippen LogP contribution >= 0.6 is 0 Å². The molecular weight excluding hydrogens is 448 g/mol. The lowest BCUT2D eigenvalue weighted by Crippen LogP contribution is -2.51. The summed E-state index contributed by atoms with van der Waals surface area (Å²) >= 11 is 0. The van der Waals surface area contributed by atoms with Gasteiger partial charge in [-0.3, -0.25) is 4.79 Å². The monoisotopic (exact) mass is 474 g/mol. The van der Waals surface area contributed by atoms with Crippen molar-refractivity contribution in [3.8, 4) is 11.1 Å². The van der Waals surface area contributed by atoms with Crippen LogP contribution in [0.25, 0.3) is 11.1 Å². The third-order valence-corrected chi connectivity index (χ3v) is 6.78. The lowest BCUT2D eigenvalue weighted by atomic mass is 9.98. The molecule has 3 N–H and O–H groups in total. The molecule has 0 spiro atoms. The van der Waals surface area contributed by atoms with Gasteiger partial charge in [-0.25, -0.2) is 14.6 Å². The third-order valence-electron chi connectivity index (χ3n) is 6.78. The number of carbonyl (C=O) groups excluding carboxylic acids is 2. The van der Waals surface area contributed by atoms with E-state index in [0.29, 0.717) is 5.69 Å². The Morgan fingerprint density at radius 3 is 2.46 bits per heavy atom. The summed E-state index contributed by atoms with van der Waals surface area (Å²) in [7, 11) is 0. The number of imidazole rings is 1. The fourth-order valence-corrected chi connectivity index (χ4v) is 4.94. The van der Waals surface area contributed by atoms with E-state index < -0.39 is 24.0 Å². The summed E-state index contributed by atoms with van der Waals surface area (Å²) < 4.78 is 5.53. The van der Waals surface area contributed by atoms with Crippen molar-refractivity contribution in [2.75, 3.05) is 13.2 Å². The minimum atomic E-state index is -1.08. The van der Waals surface area contributed by atoms with Gasteiger partial charge in [0.15, 0.2) is 0 Å². The van der Waals surface area contributed by atoms with Crippen LogP contribution in [0, 0.1) is 5.92 Å². The van der Waals surface area contributed by atoms with E-state index in [1.54, 1.807) is 6.92 Å². The molecule has 0 saturated carbocycles. The lowest BCUT2D eigenvalue weighted by molar-refractivity contribution is -0.153. The number of hydrogen-bond acceptors (Lipinski definition) is 5. The van der Waals surface area contributed by atoms with Gasteiger partial charge in [0.25, 0.3) is 0 Å². The van der Waals surface area contributed by atoms with Crippen molar-refractivity contribution in [1.82, 2.24) is 20.2 Å². The molecule has 1 aromatic heterocycles. The second kappa shape index (κ2) is 9.25. The summed E-state index contributed by atoms with van der Waals surface area (Å²) in [6.45, 7) is 2.01. The summed E-state index contributed by atoms with van der Waals surface area (Å²) in [6.07, 6.45) is 1.03. The summed E-state index contributed by atoms with van der Waals surface area (Å²) in [5.41, 5.74) is 5.91. The minimum absolute atomic E-state index is 0.0359. The number of ether oxygens (including phenoxy) is 1. The van der Waals surface area contributed by atoms with E-state index in [-0.39, 0.29) is 37.9 Å². The zero-order valence-corrected chi connectivity index (χ0v) is 19.2. The van der Waals surface area contributed by atoms with Gasteiger partial charge >= 0.3 is 12.1 Å². The molecule has 3 aromatic rings. The predicted molar refractivity (Wildman–Crippen MR) is 127 cm³/mol. The number of nitrogens with one attached hydrogen (secondary N) is 2. The van der Waals surface area contributed by atoms with Gasteiger partial charge in [-0.2, -0.15) is 0 Å². The topological polar surface area (TPSA) is 125 Å². The average Bonchev–Trinajstić information content (AvgIpc) is 3.46. The van der Waals surface area contributed by atoms with Crippen LogP contribution in [0.3, 0.4) is 0 Å². The summed E-state index contributed by atoms with van der Waals surface area (Å²) in [5.74, 6) is -2.11. The van der Waals surface area contributed by atoms with E-state index >= 15 is 0 Å². The SMILES string of the molecule is CC(CNC(=O)OCC1c2ccccc2-c2ccccc21)C(=O)N1Cc2[nH]cnc2CC1C(=O)O. The maximum absolute atomic E-state index is 13.0. The number of benzene rings is 2. The Morgan fingerprint density at radius 2 is 1.80 bits per heavy atom. The maximum atomic E-state index is 13.0. The number of rotatable bonds is 6. The highest BCUT2D eigenvalue weighted by atomic mass is 16.5. The third kappa shape index (κ3) is 4.25. The number of amides is 2.